The normalized spacial score (nSPS) is 15.5. The highest BCUT2D eigenvalue weighted by Gasteiger charge is 2.25. The summed E-state index contributed by atoms with van der Waals surface area (Å²) in [4.78, 5) is 25.0. The number of halogens is 1. The molecule has 0 radical (unpaired) electrons. The van der Waals surface area contributed by atoms with Crippen LogP contribution in [-0.2, 0) is 4.74 Å². The van der Waals surface area contributed by atoms with Gasteiger partial charge in [-0.3, -0.25) is 9.59 Å². The molecule has 0 unspecified atom stereocenters. The zero-order valence-electron chi connectivity index (χ0n) is 17.8. The van der Waals surface area contributed by atoms with Crippen molar-refractivity contribution in [3.05, 3.63) is 52.8 Å². The number of benzene rings is 2. The van der Waals surface area contributed by atoms with Gasteiger partial charge < -0.3 is 20.1 Å². The first-order valence-corrected chi connectivity index (χ1v) is 10.6. The SMILES string of the molecule is COCOc1cc(C(=O)NCC2CC2)ccc1-c1cc(C(=O)NC2CC2)cc(F)c1C. The zero-order chi connectivity index (χ0) is 22.0. The molecule has 7 heteroatoms. The summed E-state index contributed by atoms with van der Waals surface area (Å²) in [6.45, 7) is 2.30. The fourth-order valence-electron chi connectivity index (χ4n) is 3.38. The van der Waals surface area contributed by atoms with Crippen molar-refractivity contribution >= 4 is 11.8 Å². The van der Waals surface area contributed by atoms with Gasteiger partial charge >= 0.3 is 0 Å². The van der Waals surface area contributed by atoms with Crippen LogP contribution in [0.15, 0.2) is 30.3 Å². The molecule has 0 saturated heterocycles. The molecule has 0 aromatic heterocycles. The lowest BCUT2D eigenvalue weighted by Gasteiger charge is -2.16. The van der Waals surface area contributed by atoms with E-state index in [1.165, 1.54) is 13.2 Å². The van der Waals surface area contributed by atoms with Gasteiger partial charge in [0.15, 0.2) is 6.79 Å². The summed E-state index contributed by atoms with van der Waals surface area (Å²) in [5.41, 5.74) is 2.24. The van der Waals surface area contributed by atoms with E-state index in [2.05, 4.69) is 10.6 Å². The number of ether oxygens (including phenoxy) is 2. The number of carbonyl (C=O) groups is 2. The van der Waals surface area contributed by atoms with Crippen molar-refractivity contribution in [3.8, 4) is 16.9 Å². The Morgan fingerprint density at radius 3 is 2.48 bits per heavy atom. The van der Waals surface area contributed by atoms with E-state index >= 15 is 0 Å². The predicted octanol–water partition coefficient (Wildman–Crippen LogP) is 3.82. The maximum Gasteiger partial charge on any atom is 0.251 e. The maximum atomic E-state index is 14.7. The van der Waals surface area contributed by atoms with Crippen molar-refractivity contribution in [1.82, 2.24) is 10.6 Å². The van der Waals surface area contributed by atoms with Gasteiger partial charge in [-0.2, -0.15) is 0 Å². The number of methoxy groups -OCH3 is 1. The lowest BCUT2D eigenvalue weighted by atomic mass is 9.95. The fraction of sp³-hybridized carbons (Fsp3) is 0.417. The third-order valence-corrected chi connectivity index (χ3v) is 5.63. The minimum Gasteiger partial charge on any atom is -0.467 e. The lowest BCUT2D eigenvalue weighted by Crippen LogP contribution is -2.25. The van der Waals surface area contributed by atoms with E-state index in [-0.39, 0.29) is 30.2 Å². The third kappa shape index (κ3) is 5.22. The molecule has 2 fully saturated rings. The molecule has 0 heterocycles. The van der Waals surface area contributed by atoms with Gasteiger partial charge in [0.05, 0.1) is 0 Å². The van der Waals surface area contributed by atoms with Crippen LogP contribution < -0.4 is 15.4 Å². The molecule has 2 amide bonds. The van der Waals surface area contributed by atoms with Gasteiger partial charge in [-0.05, 0) is 80.0 Å². The van der Waals surface area contributed by atoms with E-state index in [4.69, 9.17) is 9.47 Å². The van der Waals surface area contributed by atoms with Crippen molar-refractivity contribution in [2.45, 2.75) is 38.6 Å². The Morgan fingerprint density at radius 2 is 1.81 bits per heavy atom. The van der Waals surface area contributed by atoms with Crippen LogP contribution in [0.3, 0.4) is 0 Å². The van der Waals surface area contributed by atoms with Crippen LogP contribution in [0.1, 0.15) is 52.0 Å². The highest BCUT2D eigenvalue weighted by molar-refractivity contribution is 5.98. The second-order valence-electron chi connectivity index (χ2n) is 8.29. The van der Waals surface area contributed by atoms with Crippen molar-refractivity contribution in [1.29, 1.82) is 0 Å². The molecule has 2 aromatic rings. The second-order valence-corrected chi connectivity index (χ2v) is 8.29. The van der Waals surface area contributed by atoms with Gasteiger partial charge in [-0.1, -0.05) is 0 Å². The standard InChI is InChI=1S/C24H27FN2O4/c1-14-20(9-17(10-21(14)25)24(29)27-18-6-7-18)19-8-5-16(11-22(19)31-13-30-2)23(28)26-12-15-3-4-15/h5,8-11,15,18H,3-4,6-7,12-13H2,1-2H3,(H,26,28)(H,27,29). The number of nitrogens with one attached hydrogen (secondary N) is 2. The molecule has 2 aliphatic rings. The van der Waals surface area contributed by atoms with Gasteiger partial charge in [0.1, 0.15) is 11.6 Å². The minimum atomic E-state index is -0.470. The van der Waals surface area contributed by atoms with E-state index < -0.39 is 5.82 Å². The van der Waals surface area contributed by atoms with E-state index in [0.29, 0.717) is 40.5 Å². The largest absolute Gasteiger partial charge is 0.467 e. The Bertz CT molecular complexity index is 999. The van der Waals surface area contributed by atoms with Crippen molar-refractivity contribution < 1.29 is 23.5 Å². The van der Waals surface area contributed by atoms with Gasteiger partial charge in [0.2, 0.25) is 0 Å². The quantitative estimate of drug-likeness (QED) is 0.598. The van der Waals surface area contributed by atoms with Crippen LogP contribution in [0.25, 0.3) is 11.1 Å². The van der Waals surface area contributed by atoms with Crippen LogP contribution in [0.2, 0.25) is 0 Å². The molecule has 0 spiro atoms. The molecule has 164 valence electrons. The van der Waals surface area contributed by atoms with Gasteiger partial charge in [-0.15, -0.1) is 0 Å². The summed E-state index contributed by atoms with van der Waals surface area (Å²) in [7, 11) is 1.50. The summed E-state index contributed by atoms with van der Waals surface area (Å²) >= 11 is 0. The molecule has 6 nitrogen and oxygen atoms in total. The smallest absolute Gasteiger partial charge is 0.251 e. The molecular weight excluding hydrogens is 399 g/mol. The van der Waals surface area contributed by atoms with Crippen molar-refractivity contribution in [2.75, 3.05) is 20.4 Å². The van der Waals surface area contributed by atoms with Crippen molar-refractivity contribution in [3.63, 3.8) is 0 Å². The average Bonchev–Trinajstić information content (AvgIpc) is 3.68. The monoisotopic (exact) mass is 426 g/mol. The summed E-state index contributed by atoms with van der Waals surface area (Å²) in [6, 6.07) is 8.14. The van der Waals surface area contributed by atoms with Gasteiger partial charge in [0, 0.05) is 36.4 Å². The zero-order valence-corrected chi connectivity index (χ0v) is 17.8. The maximum absolute atomic E-state index is 14.7. The highest BCUT2D eigenvalue weighted by atomic mass is 19.1. The van der Waals surface area contributed by atoms with Crippen molar-refractivity contribution in [2.24, 2.45) is 5.92 Å². The van der Waals surface area contributed by atoms with Crippen LogP contribution in [0.4, 0.5) is 4.39 Å². The van der Waals surface area contributed by atoms with E-state index in [9.17, 15) is 14.0 Å². The Hall–Kier alpha value is -2.93. The number of amides is 2. The van der Waals surface area contributed by atoms with Crippen LogP contribution in [0.5, 0.6) is 5.75 Å². The first kappa shape index (κ1) is 21.3. The summed E-state index contributed by atoms with van der Waals surface area (Å²) in [6.07, 6.45) is 4.20. The summed E-state index contributed by atoms with van der Waals surface area (Å²) in [5, 5.41) is 5.82. The number of rotatable bonds is 9. The molecule has 4 rings (SSSR count). The second kappa shape index (κ2) is 9.06. The van der Waals surface area contributed by atoms with Crippen LogP contribution >= 0.6 is 0 Å². The summed E-state index contributed by atoms with van der Waals surface area (Å²) < 4.78 is 25.4. The van der Waals surface area contributed by atoms with E-state index in [0.717, 1.165) is 25.7 Å². The van der Waals surface area contributed by atoms with Gasteiger partial charge in [0.25, 0.3) is 11.8 Å². The average molecular weight is 426 g/mol. The topological polar surface area (TPSA) is 76.7 Å². The molecule has 31 heavy (non-hydrogen) atoms. The minimum absolute atomic E-state index is 0.0243. The number of carbonyl (C=O) groups excluding carboxylic acids is 2. The first-order valence-electron chi connectivity index (χ1n) is 10.6. The molecule has 2 aliphatic carbocycles. The fourth-order valence-corrected chi connectivity index (χ4v) is 3.38. The first-order chi connectivity index (χ1) is 15.0. The Kier molecular flexibility index (Phi) is 6.23. The van der Waals surface area contributed by atoms with E-state index in [1.807, 2.05) is 0 Å². The third-order valence-electron chi connectivity index (χ3n) is 5.63. The predicted molar refractivity (Wildman–Crippen MR) is 115 cm³/mol. The Labute approximate surface area is 181 Å². The van der Waals surface area contributed by atoms with E-state index in [1.54, 1.807) is 31.2 Å². The molecule has 2 N–H and O–H groups in total. The van der Waals surface area contributed by atoms with Crippen LogP contribution in [0, 0.1) is 18.7 Å². The Balaban J connectivity index is 1.66. The lowest BCUT2D eigenvalue weighted by molar-refractivity contribution is 0.0514. The molecule has 0 atom stereocenters. The molecule has 0 aliphatic heterocycles. The molecular formula is C24H27FN2O4. The van der Waals surface area contributed by atoms with Crippen LogP contribution in [-0.4, -0.2) is 38.3 Å². The number of hydrogen-bond acceptors (Lipinski definition) is 4. The molecule has 0 bridgehead atoms. The molecule has 2 saturated carbocycles. The summed E-state index contributed by atoms with van der Waals surface area (Å²) in [5.74, 6) is 0.0208. The highest BCUT2D eigenvalue weighted by Crippen LogP contribution is 2.35. The Morgan fingerprint density at radius 1 is 1.03 bits per heavy atom. The molecule has 2 aromatic carbocycles. The number of hydrogen-bond donors (Lipinski definition) is 2. The van der Waals surface area contributed by atoms with Gasteiger partial charge in [-0.25, -0.2) is 4.39 Å².